The number of nitrogens with one attached hydrogen (secondary N) is 1. The number of benzene rings is 2. The second-order valence-corrected chi connectivity index (χ2v) is 10.4. The number of ether oxygens (including phenoxy) is 1. The Morgan fingerprint density at radius 3 is 2.36 bits per heavy atom. The van der Waals surface area contributed by atoms with Crippen LogP contribution in [0.25, 0.3) is 0 Å². The van der Waals surface area contributed by atoms with Gasteiger partial charge in [-0.2, -0.15) is 0 Å². The van der Waals surface area contributed by atoms with E-state index in [4.69, 9.17) is 4.74 Å². The number of carbonyl (C=O) groups excluding carboxylic acids is 1. The molecule has 2 aromatic carbocycles. The van der Waals surface area contributed by atoms with Gasteiger partial charge in [0.1, 0.15) is 11.8 Å². The minimum Gasteiger partial charge on any atom is -0.497 e. The molecule has 0 aliphatic carbocycles. The monoisotopic (exact) mass is 473 g/mol. The highest BCUT2D eigenvalue weighted by Crippen LogP contribution is 2.26. The molecule has 7 nitrogen and oxygen atoms in total. The SMILES string of the molecule is CC[C@@H](C(=O)NCc1ccc(CN2CCCCC2)cc1)N(c1cccc(OC)c1)S(C)(=O)=O. The number of anilines is 1. The van der Waals surface area contributed by atoms with Crippen LogP contribution < -0.4 is 14.4 Å². The molecule has 1 N–H and O–H groups in total. The van der Waals surface area contributed by atoms with Gasteiger partial charge >= 0.3 is 0 Å². The Hall–Kier alpha value is -2.58. The number of sulfonamides is 1. The van der Waals surface area contributed by atoms with Crippen molar-refractivity contribution in [2.45, 2.75) is 51.7 Å². The molecule has 0 bridgehead atoms. The maximum atomic E-state index is 13.0. The quantitative estimate of drug-likeness (QED) is 0.571. The van der Waals surface area contributed by atoms with Crippen LogP contribution in [0, 0.1) is 0 Å². The third kappa shape index (κ3) is 6.95. The summed E-state index contributed by atoms with van der Waals surface area (Å²) in [6, 6.07) is 14.1. The number of rotatable bonds is 10. The first-order valence-electron chi connectivity index (χ1n) is 11.5. The maximum Gasteiger partial charge on any atom is 0.244 e. The van der Waals surface area contributed by atoms with Crippen LogP contribution in [0.5, 0.6) is 5.75 Å². The van der Waals surface area contributed by atoms with Crippen molar-refractivity contribution in [2.75, 3.05) is 30.8 Å². The zero-order chi connectivity index (χ0) is 23.8. The summed E-state index contributed by atoms with van der Waals surface area (Å²) in [5.41, 5.74) is 2.65. The van der Waals surface area contributed by atoms with Crippen LogP contribution in [-0.2, 0) is 27.9 Å². The molecule has 2 aromatic rings. The third-order valence-corrected chi connectivity index (χ3v) is 7.16. The molecular weight excluding hydrogens is 438 g/mol. The first-order chi connectivity index (χ1) is 15.8. The Balaban J connectivity index is 1.66. The van der Waals surface area contributed by atoms with Crippen molar-refractivity contribution in [2.24, 2.45) is 0 Å². The molecule has 1 fully saturated rings. The van der Waals surface area contributed by atoms with Gasteiger partial charge in [0, 0.05) is 19.2 Å². The first-order valence-corrected chi connectivity index (χ1v) is 13.4. The van der Waals surface area contributed by atoms with Crippen LogP contribution in [0.2, 0.25) is 0 Å². The molecular formula is C25H35N3O4S. The van der Waals surface area contributed by atoms with E-state index in [0.717, 1.165) is 31.5 Å². The number of amides is 1. The van der Waals surface area contributed by atoms with E-state index >= 15 is 0 Å². The van der Waals surface area contributed by atoms with Gasteiger partial charge in [-0.05, 0) is 55.6 Å². The second kappa shape index (κ2) is 11.5. The average Bonchev–Trinajstić information content (AvgIpc) is 2.81. The number of likely N-dealkylation sites (tertiary alicyclic amines) is 1. The Bertz CT molecular complexity index is 1020. The molecule has 1 saturated heterocycles. The topological polar surface area (TPSA) is 79.0 Å². The van der Waals surface area contributed by atoms with Crippen molar-refractivity contribution in [3.05, 3.63) is 59.7 Å². The van der Waals surface area contributed by atoms with Crippen LogP contribution in [0.15, 0.2) is 48.5 Å². The van der Waals surface area contributed by atoms with Crippen molar-refractivity contribution in [1.29, 1.82) is 0 Å². The summed E-state index contributed by atoms with van der Waals surface area (Å²) in [4.78, 5) is 15.5. The summed E-state index contributed by atoms with van der Waals surface area (Å²) < 4.78 is 31.6. The van der Waals surface area contributed by atoms with Crippen LogP contribution in [0.1, 0.15) is 43.7 Å². The second-order valence-electron chi connectivity index (χ2n) is 8.56. The number of methoxy groups -OCH3 is 1. The van der Waals surface area contributed by atoms with Crippen molar-refractivity contribution < 1.29 is 17.9 Å². The average molecular weight is 474 g/mol. The van der Waals surface area contributed by atoms with Crippen LogP contribution in [0.3, 0.4) is 0 Å². The van der Waals surface area contributed by atoms with Crippen LogP contribution >= 0.6 is 0 Å². The number of hydrogen-bond acceptors (Lipinski definition) is 5. The molecule has 0 radical (unpaired) electrons. The van der Waals surface area contributed by atoms with E-state index in [0.29, 0.717) is 24.4 Å². The maximum absolute atomic E-state index is 13.0. The van der Waals surface area contributed by atoms with E-state index in [2.05, 4.69) is 22.3 Å². The molecule has 33 heavy (non-hydrogen) atoms. The van der Waals surface area contributed by atoms with Gasteiger partial charge in [0.05, 0.1) is 19.1 Å². The molecule has 1 amide bonds. The van der Waals surface area contributed by atoms with E-state index in [1.54, 1.807) is 31.2 Å². The Kier molecular flexibility index (Phi) is 8.74. The molecule has 1 atom stereocenters. The molecule has 0 spiro atoms. The van der Waals surface area contributed by atoms with Crippen LogP contribution in [-0.4, -0.2) is 51.7 Å². The Morgan fingerprint density at radius 1 is 1.09 bits per heavy atom. The Morgan fingerprint density at radius 2 is 1.76 bits per heavy atom. The van der Waals surface area contributed by atoms with Crippen molar-refractivity contribution >= 4 is 21.6 Å². The highest BCUT2D eigenvalue weighted by atomic mass is 32.2. The van der Waals surface area contributed by atoms with Gasteiger partial charge in [-0.3, -0.25) is 14.0 Å². The lowest BCUT2D eigenvalue weighted by Crippen LogP contribution is -2.49. The highest BCUT2D eigenvalue weighted by molar-refractivity contribution is 7.92. The van der Waals surface area contributed by atoms with Gasteiger partial charge in [-0.25, -0.2) is 8.42 Å². The van der Waals surface area contributed by atoms with E-state index in [1.165, 1.54) is 36.2 Å². The fourth-order valence-electron chi connectivity index (χ4n) is 4.25. The summed E-state index contributed by atoms with van der Waals surface area (Å²) in [5, 5.41) is 2.92. The van der Waals surface area contributed by atoms with Gasteiger partial charge in [0.25, 0.3) is 0 Å². The Labute approximate surface area is 197 Å². The van der Waals surface area contributed by atoms with Gasteiger partial charge < -0.3 is 10.1 Å². The van der Waals surface area contributed by atoms with E-state index < -0.39 is 16.1 Å². The summed E-state index contributed by atoms with van der Waals surface area (Å²) >= 11 is 0. The largest absolute Gasteiger partial charge is 0.497 e. The van der Waals surface area contributed by atoms with Gasteiger partial charge in [-0.15, -0.1) is 0 Å². The van der Waals surface area contributed by atoms with Crippen molar-refractivity contribution in [3.63, 3.8) is 0 Å². The molecule has 1 heterocycles. The fraction of sp³-hybridized carbons (Fsp3) is 0.480. The van der Waals surface area contributed by atoms with Crippen molar-refractivity contribution in [3.8, 4) is 5.75 Å². The van der Waals surface area contributed by atoms with Gasteiger partial charge in [-0.1, -0.05) is 43.7 Å². The number of nitrogens with zero attached hydrogens (tertiary/aromatic N) is 2. The molecule has 1 aliphatic rings. The smallest absolute Gasteiger partial charge is 0.244 e. The minimum atomic E-state index is -3.69. The van der Waals surface area contributed by atoms with E-state index in [-0.39, 0.29) is 5.91 Å². The van der Waals surface area contributed by atoms with E-state index in [9.17, 15) is 13.2 Å². The molecule has 3 rings (SSSR count). The lowest BCUT2D eigenvalue weighted by molar-refractivity contribution is -0.122. The zero-order valence-corrected chi connectivity index (χ0v) is 20.6. The molecule has 8 heteroatoms. The van der Waals surface area contributed by atoms with E-state index in [1.807, 2.05) is 12.1 Å². The standard InChI is InChI=1S/C25H35N3O4S/c1-4-24(28(33(3,30)31)22-9-8-10-23(17-22)32-2)25(29)26-18-20-11-13-21(14-12-20)19-27-15-6-5-7-16-27/h8-14,17,24H,4-7,15-16,18-19H2,1-3H3,(H,26,29)/t24-/m0/s1. The highest BCUT2D eigenvalue weighted by Gasteiger charge is 2.31. The molecule has 0 saturated carbocycles. The molecule has 0 unspecified atom stereocenters. The predicted molar refractivity (Wildman–Crippen MR) is 132 cm³/mol. The first kappa shape index (κ1) is 25.1. The van der Waals surface area contributed by atoms with Crippen molar-refractivity contribution in [1.82, 2.24) is 10.2 Å². The fourth-order valence-corrected chi connectivity index (χ4v) is 5.46. The summed E-state index contributed by atoms with van der Waals surface area (Å²) in [7, 11) is -2.17. The predicted octanol–water partition coefficient (Wildman–Crippen LogP) is 3.54. The minimum absolute atomic E-state index is 0.330. The summed E-state index contributed by atoms with van der Waals surface area (Å²) in [6.45, 7) is 5.40. The van der Waals surface area contributed by atoms with Gasteiger partial charge in [0.2, 0.25) is 15.9 Å². The molecule has 180 valence electrons. The third-order valence-electron chi connectivity index (χ3n) is 5.98. The lowest BCUT2D eigenvalue weighted by Gasteiger charge is -2.30. The summed E-state index contributed by atoms with van der Waals surface area (Å²) in [6.07, 6.45) is 5.31. The number of carbonyl (C=O) groups is 1. The van der Waals surface area contributed by atoms with Crippen LogP contribution in [0.4, 0.5) is 5.69 Å². The normalized spacial score (nSPS) is 15.6. The number of hydrogen-bond donors (Lipinski definition) is 1. The lowest BCUT2D eigenvalue weighted by atomic mass is 10.1. The zero-order valence-electron chi connectivity index (χ0n) is 19.8. The molecule has 1 aliphatic heterocycles. The number of piperidine rings is 1. The van der Waals surface area contributed by atoms with Gasteiger partial charge in [0.15, 0.2) is 0 Å². The molecule has 0 aromatic heterocycles. The summed E-state index contributed by atoms with van der Waals surface area (Å²) in [5.74, 6) is 0.198.